The van der Waals surface area contributed by atoms with Gasteiger partial charge in [-0.25, -0.2) is 4.79 Å². The minimum Gasteiger partial charge on any atom is -0.469 e. The first kappa shape index (κ1) is 27.2. The fraction of sp³-hybridized carbons (Fsp3) is 0.448. The number of hydrogen-bond acceptors (Lipinski definition) is 6. The molecule has 0 bridgehead atoms. The fourth-order valence-electron chi connectivity index (χ4n) is 5.49. The number of likely N-dealkylation sites (tertiary alicyclic amines) is 1. The van der Waals surface area contributed by atoms with Crippen molar-refractivity contribution >= 4 is 23.8 Å². The second kappa shape index (κ2) is 12.6. The second-order valence-electron chi connectivity index (χ2n) is 9.72. The lowest BCUT2D eigenvalue weighted by molar-refractivity contribution is -0.147. The third-order valence-corrected chi connectivity index (χ3v) is 7.45. The predicted molar refractivity (Wildman–Crippen MR) is 145 cm³/mol. The van der Waals surface area contributed by atoms with Crippen molar-refractivity contribution in [2.45, 2.75) is 44.1 Å². The Kier molecular flexibility index (Phi) is 8.99. The SMILES string of the molecule is CN=C(N)NCCC[C@@H](CC(=O)[C@@H]1CCCN1C(=O)OCC1c2ccccc2-c2ccccc21)C(=O)OC. The molecule has 1 aliphatic carbocycles. The zero-order valence-electron chi connectivity index (χ0n) is 22.0. The highest BCUT2D eigenvalue weighted by Gasteiger charge is 2.38. The first-order chi connectivity index (χ1) is 18.4. The second-order valence-corrected chi connectivity index (χ2v) is 9.72. The van der Waals surface area contributed by atoms with E-state index in [4.69, 9.17) is 15.2 Å². The van der Waals surface area contributed by atoms with Crippen molar-refractivity contribution in [1.29, 1.82) is 0 Å². The van der Waals surface area contributed by atoms with E-state index in [1.165, 1.54) is 12.0 Å². The quantitative estimate of drug-likeness (QED) is 0.213. The lowest BCUT2D eigenvalue weighted by Gasteiger charge is -2.25. The van der Waals surface area contributed by atoms with Crippen LogP contribution in [0, 0.1) is 5.92 Å². The summed E-state index contributed by atoms with van der Waals surface area (Å²) in [6, 6.07) is 15.7. The molecule has 2 aliphatic rings. The number of nitrogens with two attached hydrogens (primary N) is 1. The highest BCUT2D eigenvalue weighted by atomic mass is 16.6. The van der Waals surface area contributed by atoms with E-state index in [1.54, 1.807) is 7.05 Å². The van der Waals surface area contributed by atoms with Gasteiger partial charge in [-0.1, -0.05) is 48.5 Å². The molecule has 202 valence electrons. The Morgan fingerprint density at radius 2 is 1.76 bits per heavy atom. The number of Topliss-reactive ketones (excluding diaryl/α,β-unsaturated/α-hetero) is 1. The number of ether oxygens (including phenoxy) is 2. The Hall–Kier alpha value is -3.88. The molecule has 0 aromatic heterocycles. The molecule has 3 N–H and O–H groups in total. The number of guanidine groups is 1. The van der Waals surface area contributed by atoms with Crippen molar-refractivity contribution in [2.24, 2.45) is 16.6 Å². The largest absolute Gasteiger partial charge is 0.469 e. The van der Waals surface area contributed by atoms with Gasteiger partial charge in [-0.3, -0.25) is 19.5 Å². The minimum atomic E-state index is -0.598. The van der Waals surface area contributed by atoms with Crippen LogP contribution < -0.4 is 11.1 Å². The Morgan fingerprint density at radius 3 is 2.39 bits per heavy atom. The number of amides is 1. The first-order valence-corrected chi connectivity index (χ1v) is 13.1. The lowest BCUT2D eigenvalue weighted by atomic mass is 9.93. The summed E-state index contributed by atoms with van der Waals surface area (Å²) < 4.78 is 10.7. The third kappa shape index (κ3) is 5.98. The molecule has 1 saturated heterocycles. The number of rotatable bonds is 10. The summed E-state index contributed by atoms with van der Waals surface area (Å²) in [6.45, 7) is 1.18. The molecule has 0 saturated carbocycles. The van der Waals surface area contributed by atoms with Crippen LogP contribution >= 0.6 is 0 Å². The van der Waals surface area contributed by atoms with E-state index in [0.29, 0.717) is 44.7 Å². The van der Waals surface area contributed by atoms with Crippen LogP contribution in [0.2, 0.25) is 0 Å². The molecule has 2 aromatic carbocycles. The minimum absolute atomic E-state index is 0.0157. The van der Waals surface area contributed by atoms with Crippen molar-refractivity contribution in [3.63, 3.8) is 0 Å². The van der Waals surface area contributed by atoms with E-state index in [2.05, 4.69) is 34.6 Å². The number of methoxy groups -OCH3 is 1. The maximum Gasteiger partial charge on any atom is 0.410 e. The van der Waals surface area contributed by atoms with Crippen molar-refractivity contribution in [3.8, 4) is 11.1 Å². The van der Waals surface area contributed by atoms with Gasteiger partial charge < -0.3 is 20.5 Å². The molecule has 2 atom stereocenters. The lowest BCUT2D eigenvalue weighted by Crippen LogP contribution is -2.42. The van der Waals surface area contributed by atoms with Gasteiger partial charge in [-0.2, -0.15) is 0 Å². The third-order valence-electron chi connectivity index (χ3n) is 7.45. The standard InChI is InChI=1S/C29H36N4O5/c1-31-28(30)32-15-7-9-19(27(35)37-2)17-26(34)25-14-8-16-33(25)29(36)38-18-24-22-12-5-3-10-20(22)21-11-4-6-13-23(21)24/h3-6,10-13,19,24-25H,7-9,14-18H2,1-2H3,(H3,30,31,32)/t19-,25-/m0/s1. The number of nitrogens with zero attached hydrogens (tertiary/aromatic N) is 2. The van der Waals surface area contributed by atoms with E-state index in [-0.39, 0.29) is 24.7 Å². The number of benzene rings is 2. The molecule has 1 fully saturated rings. The molecule has 2 aromatic rings. The van der Waals surface area contributed by atoms with Crippen molar-refractivity contribution in [3.05, 3.63) is 59.7 Å². The van der Waals surface area contributed by atoms with E-state index < -0.39 is 24.0 Å². The number of hydrogen-bond donors (Lipinski definition) is 2. The van der Waals surface area contributed by atoms with Crippen LogP contribution in [0.15, 0.2) is 53.5 Å². The highest BCUT2D eigenvalue weighted by Crippen LogP contribution is 2.44. The maximum absolute atomic E-state index is 13.3. The molecule has 4 rings (SSSR count). The normalized spacial score (nSPS) is 17.5. The number of carbonyl (C=O) groups is 3. The number of carbonyl (C=O) groups excluding carboxylic acids is 3. The van der Waals surface area contributed by atoms with Gasteiger partial charge in [0.15, 0.2) is 11.7 Å². The van der Waals surface area contributed by atoms with Gasteiger partial charge in [-0.15, -0.1) is 0 Å². The molecule has 0 radical (unpaired) electrons. The van der Waals surface area contributed by atoms with E-state index in [0.717, 1.165) is 22.3 Å². The number of esters is 1. The van der Waals surface area contributed by atoms with Gasteiger partial charge in [0.05, 0.1) is 19.1 Å². The topological polar surface area (TPSA) is 123 Å². The zero-order valence-corrected chi connectivity index (χ0v) is 22.0. The van der Waals surface area contributed by atoms with Crippen LogP contribution in [0.5, 0.6) is 0 Å². The number of fused-ring (bicyclic) bond motifs is 3. The van der Waals surface area contributed by atoms with Gasteiger partial charge in [0.1, 0.15) is 6.61 Å². The molecule has 9 nitrogen and oxygen atoms in total. The number of nitrogens with one attached hydrogen (secondary N) is 1. The first-order valence-electron chi connectivity index (χ1n) is 13.1. The van der Waals surface area contributed by atoms with Crippen LogP contribution in [0.3, 0.4) is 0 Å². The van der Waals surface area contributed by atoms with Gasteiger partial charge in [0.2, 0.25) is 0 Å². The van der Waals surface area contributed by atoms with Gasteiger partial charge in [-0.05, 0) is 47.9 Å². The molecule has 1 aliphatic heterocycles. The van der Waals surface area contributed by atoms with Crippen molar-refractivity contribution in [1.82, 2.24) is 10.2 Å². The summed E-state index contributed by atoms with van der Waals surface area (Å²) in [5.74, 6) is -0.887. The van der Waals surface area contributed by atoms with Gasteiger partial charge in [0.25, 0.3) is 0 Å². The Balaban J connectivity index is 1.36. The molecule has 1 amide bonds. The zero-order chi connectivity index (χ0) is 27.1. The Labute approximate surface area is 223 Å². The molecular weight excluding hydrogens is 484 g/mol. The molecule has 38 heavy (non-hydrogen) atoms. The Morgan fingerprint density at radius 1 is 1.11 bits per heavy atom. The summed E-state index contributed by atoms with van der Waals surface area (Å²) in [5, 5.41) is 2.95. The van der Waals surface area contributed by atoms with Crippen LogP contribution in [-0.2, 0) is 19.1 Å². The fourth-order valence-corrected chi connectivity index (χ4v) is 5.49. The van der Waals surface area contributed by atoms with Crippen LogP contribution in [0.1, 0.15) is 49.1 Å². The summed E-state index contributed by atoms with van der Waals surface area (Å²) in [6.07, 6.45) is 1.87. The Bertz CT molecular complexity index is 1150. The number of ketones is 1. The van der Waals surface area contributed by atoms with Crippen molar-refractivity contribution in [2.75, 3.05) is 33.9 Å². The van der Waals surface area contributed by atoms with E-state index >= 15 is 0 Å². The van der Waals surface area contributed by atoms with Crippen LogP contribution in [0.25, 0.3) is 11.1 Å². The summed E-state index contributed by atoms with van der Waals surface area (Å²) >= 11 is 0. The monoisotopic (exact) mass is 520 g/mol. The van der Waals surface area contributed by atoms with Crippen LogP contribution in [0.4, 0.5) is 4.79 Å². The maximum atomic E-state index is 13.3. The summed E-state index contributed by atoms with van der Waals surface area (Å²) in [5.41, 5.74) is 10.2. The summed E-state index contributed by atoms with van der Waals surface area (Å²) in [4.78, 5) is 44.1. The average Bonchev–Trinajstić information content (AvgIpc) is 3.56. The molecule has 0 spiro atoms. The average molecular weight is 521 g/mol. The van der Waals surface area contributed by atoms with Crippen molar-refractivity contribution < 1.29 is 23.9 Å². The summed E-state index contributed by atoms with van der Waals surface area (Å²) in [7, 11) is 2.90. The predicted octanol–water partition coefficient (Wildman–Crippen LogP) is 3.46. The molecular formula is C29H36N4O5. The number of aliphatic imine (C=N–C) groups is 1. The van der Waals surface area contributed by atoms with Crippen LogP contribution in [-0.4, -0.2) is 68.6 Å². The van der Waals surface area contributed by atoms with Gasteiger partial charge in [0, 0.05) is 32.5 Å². The van der Waals surface area contributed by atoms with E-state index in [1.807, 2.05) is 24.3 Å². The highest BCUT2D eigenvalue weighted by molar-refractivity contribution is 5.91. The molecule has 9 heteroatoms. The van der Waals surface area contributed by atoms with E-state index in [9.17, 15) is 14.4 Å². The molecule has 0 unspecified atom stereocenters. The smallest absolute Gasteiger partial charge is 0.410 e. The van der Waals surface area contributed by atoms with Gasteiger partial charge >= 0.3 is 12.1 Å². The molecule has 1 heterocycles.